The normalized spacial score (nSPS) is 10.9. The monoisotopic (exact) mass is 297 g/mol. The van der Waals surface area contributed by atoms with E-state index in [4.69, 9.17) is 5.73 Å². The Morgan fingerprint density at radius 2 is 1.67 bits per heavy atom. The largest absolute Gasteiger partial charge is 0.328 e. The third-order valence-corrected chi connectivity index (χ3v) is 2.04. The van der Waals surface area contributed by atoms with Crippen molar-refractivity contribution in [2.45, 2.75) is 87.6 Å². The van der Waals surface area contributed by atoms with Crippen LogP contribution in [0.3, 0.4) is 0 Å². The van der Waals surface area contributed by atoms with Crippen molar-refractivity contribution in [3.63, 3.8) is 0 Å². The molecule has 0 bridgehead atoms. The molecule has 0 heterocycles. The number of rotatable bonds is 5. The summed E-state index contributed by atoms with van der Waals surface area (Å²) in [4.78, 5) is 9.73. The standard InChI is InChI=1S/C9H17N.C6H10O.2C2H6/c1-4-5-8(2)6-7-9(3)10;1-3-4-6(2)5-7;2*1-2/h4-6,9H,7,10H2,1-3H3;3-4H2,1-2H3;2*1-2H3/b5-4-,8-6-;;;. The lowest BCUT2D eigenvalue weighted by Crippen LogP contribution is -2.12. The van der Waals surface area contributed by atoms with E-state index in [1.165, 1.54) is 5.57 Å². The zero-order valence-electron chi connectivity index (χ0n) is 15.9. The highest BCUT2D eigenvalue weighted by molar-refractivity contribution is 5.50. The Bertz CT molecular complexity index is 282. The lowest BCUT2D eigenvalue weighted by atomic mass is 10.2. The van der Waals surface area contributed by atoms with E-state index in [0.717, 1.165) is 24.8 Å². The van der Waals surface area contributed by atoms with Gasteiger partial charge in [-0.1, -0.05) is 64.8 Å². The van der Waals surface area contributed by atoms with Gasteiger partial charge in [0, 0.05) is 11.6 Å². The summed E-state index contributed by atoms with van der Waals surface area (Å²) >= 11 is 0. The summed E-state index contributed by atoms with van der Waals surface area (Å²) in [5.74, 6) is 1.83. The van der Waals surface area contributed by atoms with Gasteiger partial charge in [-0.05, 0) is 40.5 Å². The van der Waals surface area contributed by atoms with Gasteiger partial charge in [0.25, 0.3) is 0 Å². The second-order valence-corrected chi connectivity index (χ2v) is 4.29. The van der Waals surface area contributed by atoms with Crippen LogP contribution >= 0.6 is 0 Å². The molecule has 0 aliphatic heterocycles. The van der Waals surface area contributed by atoms with E-state index in [2.05, 4.69) is 19.1 Å². The summed E-state index contributed by atoms with van der Waals surface area (Å²) in [7, 11) is 0. The third kappa shape index (κ3) is 38.1. The lowest BCUT2D eigenvalue weighted by molar-refractivity contribution is 0.566. The minimum Gasteiger partial charge on any atom is -0.328 e. The number of allylic oxidation sites excluding steroid dienone is 4. The second-order valence-electron chi connectivity index (χ2n) is 4.29. The van der Waals surface area contributed by atoms with Crippen LogP contribution in [0.5, 0.6) is 0 Å². The molecule has 0 aliphatic carbocycles. The van der Waals surface area contributed by atoms with E-state index >= 15 is 0 Å². The molecular weight excluding hydrogens is 258 g/mol. The van der Waals surface area contributed by atoms with Crippen LogP contribution < -0.4 is 5.73 Å². The summed E-state index contributed by atoms with van der Waals surface area (Å²) in [6.45, 7) is 18.0. The molecule has 0 aromatic heterocycles. The molecule has 2 N–H and O–H groups in total. The van der Waals surface area contributed by atoms with Gasteiger partial charge in [-0.25, -0.2) is 4.79 Å². The highest BCUT2D eigenvalue weighted by Crippen LogP contribution is 1.98. The van der Waals surface area contributed by atoms with E-state index in [1.807, 2.05) is 60.5 Å². The second kappa shape index (κ2) is 27.3. The summed E-state index contributed by atoms with van der Waals surface area (Å²) in [6.07, 6.45) is 9.18. The Labute approximate surface area is 134 Å². The maximum atomic E-state index is 9.73. The molecule has 0 radical (unpaired) electrons. The first-order valence-corrected chi connectivity index (χ1v) is 8.23. The maximum absolute atomic E-state index is 9.73. The molecule has 0 rings (SSSR count). The Kier molecular flexibility index (Phi) is 36.5. The molecule has 0 fully saturated rings. The zero-order valence-corrected chi connectivity index (χ0v) is 15.9. The first-order chi connectivity index (χ1) is 9.97. The van der Waals surface area contributed by atoms with Crippen molar-refractivity contribution in [2.75, 3.05) is 0 Å². The molecule has 0 amide bonds. The van der Waals surface area contributed by atoms with Gasteiger partial charge in [-0.3, -0.25) is 0 Å². The van der Waals surface area contributed by atoms with E-state index in [-0.39, 0.29) is 6.04 Å². The van der Waals surface area contributed by atoms with Crippen molar-refractivity contribution in [3.05, 3.63) is 29.4 Å². The quantitative estimate of drug-likeness (QED) is 0.510. The minimum absolute atomic E-state index is 0.278. The zero-order chi connectivity index (χ0) is 17.7. The molecular formula is C19H39NO. The predicted molar refractivity (Wildman–Crippen MR) is 99.3 cm³/mol. The number of nitrogens with two attached hydrogens (primary N) is 1. The van der Waals surface area contributed by atoms with Gasteiger partial charge in [0.05, 0.1) is 0 Å². The number of hydrogen-bond donors (Lipinski definition) is 1. The van der Waals surface area contributed by atoms with E-state index in [0.29, 0.717) is 0 Å². The fourth-order valence-electron chi connectivity index (χ4n) is 1.13. The number of carbonyl (C=O) groups excluding carboxylic acids is 1. The molecule has 0 aromatic rings. The van der Waals surface area contributed by atoms with Crippen molar-refractivity contribution in [1.82, 2.24) is 0 Å². The van der Waals surface area contributed by atoms with Crippen LogP contribution in [0.2, 0.25) is 0 Å². The van der Waals surface area contributed by atoms with Gasteiger partial charge in [0.2, 0.25) is 0 Å². The van der Waals surface area contributed by atoms with Crippen LogP contribution in [-0.2, 0) is 4.79 Å². The smallest absolute Gasteiger partial charge is 0.123 e. The first kappa shape index (κ1) is 28.1. The van der Waals surface area contributed by atoms with Gasteiger partial charge in [-0.2, -0.15) is 0 Å². The summed E-state index contributed by atoms with van der Waals surface area (Å²) in [5.41, 5.74) is 7.68. The average Bonchev–Trinajstić information content (AvgIpc) is 2.50. The van der Waals surface area contributed by atoms with Crippen molar-refractivity contribution >= 4 is 5.94 Å². The van der Waals surface area contributed by atoms with Gasteiger partial charge in [-0.15, -0.1) is 0 Å². The van der Waals surface area contributed by atoms with Crippen LogP contribution in [0, 0.1) is 0 Å². The van der Waals surface area contributed by atoms with Crippen LogP contribution in [0.15, 0.2) is 29.4 Å². The Hall–Kier alpha value is -1.11. The molecule has 2 heteroatoms. The van der Waals surface area contributed by atoms with Crippen LogP contribution in [0.1, 0.15) is 81.6 Å². The van der Waals surface area contributed by atoms with Crippen molar-refractivity contribution in [1.29, 1.82) is 0 Å². The molecule has 0 aliphatic rings. The molecule has 2 nitrogen and oxygen atoms in total. The van der Waals surface area contributed by atoms with Crippen LogP contribution in [0.4, 0.5) is 0 Å². The van der Waals surface area contributed by atoms with Crippen molar-refractivity contribution < 1.29 is 4.79 Å². The fourth-order valence-corrected chi connectivity index (χ4v) is 1.13. The van der Waals surface area contributed by atoms with Gasteiger partial charge >= 0.3 is 0 Å². The molecule has 0 saturated carbocycles. The Morgan fingerprint density at radius 1 is 1.19 bits per heavy atom. The van der Waals surface area contributed by atoms with Gasteiger partial charge in [0.1, 0.15) is 5.94 Å². The maximum Gasteiger partial charge on any atom is 0.123 e. The molecule has 1 unspecified atom stereocenters. The number of hydrogen-bond acceptors (Lipinski definition) is 2. The molecule has 0 aromatic carbocycles. The minimum atomic E-state index is 0.278. The van der Waals surface area contributed by atoms with E-state index in [9.17, 15) is 4.79 Å². The highest BCUT2D eigenvalue weighted by atomic mass is 16.1. The predicted octanol–water partition coefficient (Wildman–Crippen LogP) is 5.86. The Morgan fingerprint density at radius 3 is 1.90 bits per heavy atom. The molecule has 21 heavy (non-hydrogen) atoms. The van der Waals surface area contributed by atoms with Crippen molar-refractivity contribution in [2.24, 2.45) is 5.73 Å². The van der Waals surface area contributed by atoms with E-state index < -0.39 is 0 Å². The van der Waals surface area contributed by atoms with E-state index in [1.54, 1.807) is 6.92 Å². The molecule has 0 spiro atoms. The Balaban J connectivity index is -0.000000115. The lowest BCUT2D eigenvalue weighted by Gasteiger charge is -1.98. The fraction of sp³-hybridized carbons (Fsp3) is 0.684. The van der Waals surface area contributed by atoms with Gasteiger partial charge in [0.15, 0.2) is 0 Å². The summed E-state index contributed by atoms with van der Waals surface area (Å²) < 4.78 is 0. The third-order valence-electron chi connectivity index (χ3n) is 2.04. The SMILES string of the molecule is C/C=C\C(C)=C/CC(C)N.CC.CC.CCCC(C)=C=O. The van der Waals surface area contributed by atoms with Crippen molar-refractivity contribution in [3.8, 4) is 0 Å². The molecule has 126 valence electrons. The summed E-state index contributed by atoms with van der Waals surface area (Å²) in [5, 5.41) is 0. The average molecular weight is 298 g/mol. The van der Waals surface area contributed by atoms with Gasteiger partial charge < -0.3 is 5.73 Å². The molecule has 1 atom stereocenters. The molecule has 0 saturated heterocycles. The first-order valence-electron chi connectivity index (χ1n) is 8.23. The summed E-state index contributed by atoms with van der Waals surface area (Å²) in [6, 6.07) is 0.278. The van der Waals surface area contributed by atoms with Crippen LogP contribution in [0.25, 0.3) is 0 Å². The van der Waals surface area contributed by atoms with Crippen LogP contribution in [-0.4, -0.2) is 12.0 Å². The topological polar surface area (TPSA) is 43.1 Å². The highest BCUT2D eigenvalue weighted by Gasteiger charge is 1.88.